The number of hydrogen-bond donors (Lipinski definition) is 2. The molecule has 27 heavy (non-hydrogen) atoms. The number of para-hydroxylation sites is 1. The van der Waals surface area contributed by atoms with Crippen molar-refractivity contribution in [2.75, 3.05) is 25.5 Å². The predicted molar refractivity (Wildman–Crippen MR) is 99.4 cm³/mol. The molecule has 3 rings (SSSR count). The van der Waals surface area contributed by atoms with E-state index in [0.29, 0.717) is 24.6 Å². The summed E-state index contributed by atoms with van der Waals surface area (Å²) < 4.78 is 10.5. The fraction of sp³-hybridized carbons (Fsp3) is 0.421. The Kier molecular flexibility index (Phi) is 5.75. The largest absolute Gasteiger partial charge is 0.493 e. The first-order valence-electron chi connectivity index (χ1n) is 8.89. The molecule has 0 fully saturated rings. The summed E-state index contributed by atoms with van der Waals surface area (Å²) in [6.07, 6.45) is 0.713. The number of fused-ring (bicyclic) bond motifs is 1. The van der Waals surface area contributed by atoms with E-state index in [9.17, 15) is 9.59 Å². The summed E-state index contributed by atoms with van der Waals surface area (Å²) in [5, 5.41) is 9.44. The zero-order valence-corrected chi connectivity index (χ0v) is 15.7. The number of rotatable bonds is 6. The molecule has 0 spiro atoms. The average molecular weight is 372 g/mol. The molecule has 8 nitrogen and oxygen atoms in total. The number of nitrogens with one attached hydrogen (secondary N) is 2. The molecule has 144 valence electrons. The van der Waals surface area contributed by atoms with Gasteiger partial charge in [0.25, 0.3) is 0 Å². The topological polar surface area (TPSA) is 96.7 Å². The van der Waals surface area contributed by atoms with Crippen LogP contribution >= 0.6 is 0 Å². The molecule has 1 aliphatic rings. The van der Waals surface area contributed by atoms with Crippen LogP contribution in [0, 0.1) is 6.92 Å². The summed E-state index contributed by atoms with van der Waals surface area (Å²) in [6, 6.07) is 8.78. The Labute approximate surface area is 157 Å². The van der Waals surface area contributed by atoms with Gasteiger partial charge in [0.05, 0.1) is 25.2 Å². The highest BCUT2D eigenvalue weighted by molar-refractivity contribution is 5.92. The maximum absolute atomic E-state index is 12.7. The summed E-state index contributed by atoms with van der Waals surface area (Å²) in [6.45, 7) is 4.14. The first kappa shape index (κ1) is 18.9. The fourth-order valence-electron chi connectivity index (χ4n) is 2.96. The monoisotopic (exact) mass is 372 g/mol. The minimum atomic E-state index is -0.468. The Morgan fingerprint density at radius 1 is 1.37 bits per heavy atom. The zero-order chi connectivity index (χ0) is 19.4. The molecule has 0 saturated carbocycles. The fourth-order valence-corrected chi connectivity index (χ4v) is 2.96. The van der Waals surface area contributed by atoms with E-state index in [2.05, 4.69) is 15.8 Å². The average Bonchev–Trinajstić information content (AvgIpc) is 3.05. The number of hydrogen-bond acceptors (Lipinski definition) is 6. The van der Waals surface area contributed by atoms with Gasteiger partial charge in [0.2, 0.25) is 11.8 Å². The van der Waals surface area contributed by atoms with Gasteiger partial charge in [-0.3, -0.25) is 14.5 Å². The highest BCUT2D eigenvalue weighted by atomic mass is 16.5. The lowest BCUT2D eigenvalue weighted by atomic mass is 10.0. The van der Waals surface area contributed by atoms with Crippen LogP contribution < -0.4 is 15.4 Å². The second-order valence-corrected chi connectivity index (χ2v) is 6.70. The van der Waals surface area contributed by atoms with E-state index in [-0.39, 0.29) is 24.4 Å². The molecule has 1 aliphatic heterocycles. The molecular formula is C19H24N4O4. The maximum Gasteiger partial charge on any atom is 0.239 e. The SMILES string of the molecule is Cc1cc(NC(=O)CN(C)C(C)C(=O)NC2CCOc3ccccc32)no1. The molecule has 0 radical (unpaired) electrons. The Bertz CT molecular complexity index is 820. The lowest BCUT2D eigenvalue weighted by Gasteiger charge is -2.29. The molecule has 2 N–H and O–H groups in total. The molecular weight excluding hydrogens is 348 g/mol. The van der Waals surface area contributed by atoms with Crippen LogP contribution in [-0.2, 0) is 9.59 Å². The molecule has 2 heterocycles. The molecule has 2 unspecified atom stereocenters. The minimum Gasteiger partial charge on any atom is -0.493 e. The van der Waals surface area contributed by atoms with Crippen molar-refractivity contribution in [2.24, 2.45) is 0 Å². The summed E-state index contributed by atoms with van der Waals surface area (Å²) in [4.78, 5) is 26.5. The van der Waals surface area contributed by atoms with Crippen LogP contribution in [0.2, 0.25) is 0 Å². The maximum atomic E-state index is 12.7. The molecule has 1 aromatic heterocycles. The van der Waals surface area contributed by atoms with Gasteiger partial charge in [0, 0.05) is 18.1 Å². The van der Waals surface area contributed by atoms with Gasteiger partial charge in [-0.1, -0.05) is 23.4 Å². The number of anilines is 1. The Morgan fingerprint density at radius 3 is 2.89 bits per heavy atom. The van der Waals surface area contributed by atoms with Gasteiger partial charge in [0.1, 0.15) is 11.5 Å². The van der Waals surface area contributed by atoms with Gasteiger partial charge in [0.15, 0.2) is 5.82 Å². The van der Waals surface area contributed by atoms with Crippen molar-refractivity contribution in [2.45, 2.75) is 32.4 Å². The van der Waals surface area contributed by atoms with Crippen molar-refractivity contribution in [1.29, 1.82) is 0 Å². The van der Waals surface area contributed by atoms with Gasteiger partial charge in [-0.2, -0.15) is 0 Å². The molecule has 2 amide bonds. The van der Waals surface area contributed by atoms with E-state index in [4.69, 9.17) is 9.26 Å². The highest BCUT2D eigenvalue weighted by Gasteiger charge is 2.26. The van der Waals surface area contributed by atoms with Crippen LogP contribution in [0.25, 0.3) is 0 Å². The summed E-state index contributed by atoms with van der Waals surface area (Å²) >= 11 is 0. The van der Waals surface area contributed by atoms with E-state index >= 15 is 0 Å². The minimum absolute atomic E-state index is 0.0604. The van der Waals surface area contributed by atoms with Gasteiger partial charge < -0.3 is 19.9 Å². The van der Waals surface area contributed by atoms with Crippen molar-refractivity contribution in [3.8, 4) is 5.75 Å². The number of carbonyl (C=O) groups is 2. The predicted octanol–water partition coefficient (Wildman–Crippen LogP) is 1.88. The molecule has 1 aromatic carbocycles. The highest BCUT2D eigenvalue weighted by Crippen LogP contribution is 2.31. The van der Waals surface area contributed by atoms with Crippen LogP contribution in [0.3, 0.4) is 0 Å². The van der Waals surface area contributed by atoms with Crippen molar-refractivity contribution in [3.05, 3.63) is 41.7 Å². The van der Waals surface area contributed by atoms with Crippen LogP contribution in [0.4, 0.5) is 5.82 Å². The van der Waals surface area contributed by atoms with Crippen LogP contribution in [-0.4, -0.2) is 48.1 Å². The molecule has 2 aromatic rings. The van der Waals surface area contributed by atoms with E-state index in [0.717, 1.165) is 11.3 Å². The van der Waals surface area contributed by atoms with Crippen molar-refractivity contribution in [1.82, 2.24) is 15.4 Å². The molecule has 2 atom stereocenters. The molecule has 8 heteroatoms. The quantitative estimate of drug-likeness (QED) is 0.804. The summed E-state index contributed by atoms with van der Waals surface area (Å²) in [5.74, 6) is 1.38. The normalized spacial score (nSPS) is 17.0. The Balaban J connectivity index is 1.54. The van der Waals surface area contributed by atoms with E-state index in [1.54, 1.807) is 31.9 Å². The van der Waals surface area contributed by atoms with Gasteiger partial charge in [-0.25, -0.2) is 0 Å². The zero-order valence-electron chi connectivity index (χ0n) is 15.7. The molecule has 0 aliphatic carbocycles. The number of aromatic nitrogens is 1. The second kappa shape index (κ2) is 8.22. The molecule has 0 saturated heterocycles. The lowest BCUT2D eigenvalue weighted by molar-refractivity contribution is -0.127. The number of benzene rings is 1. The van der Waals surface area contributed by atoms with E-state index < -0.39 is 6.04 Å². The second-order valence-electron chi connectivity index (χ2n) is 6.70. The van der Waals surface area contributed by atoms with Crippen LogP contribution in [0.15, 0.2) is 34.9 Å². The Morgan fingerprint density at radius 2 is 2.15 bits per heavy atom. The number of aryl methyl sites for hydroxylation is 1. The summed E-state index contributed by atoms with van der Waals surface area (Å²) in [7, 11) is 1.73. The molecule has 0 bridgehead atoms. The van der Waals surface area contributed by atoms with Gasteiger partial charge in [-0.05, 0) is 27.0 Å². The number of nitrogens with zero attached hydrogens (tertiary/aromatic N) is 2. The lowest BCUT2D eigenvalue weighted by Crippen LogP contribution is -2.47. The van der Waals surface area contributed by atoms with Crippen LogP contribution in [0.5, 0.6) is 5.75 Å². The van der Waals surface area contributed by atoms with Crippen LogP contribution in [0.1, 0.15) is 30.7 Å². The number of carbonyl (C=O) groups excluding carboxylic acids is 2. The number of amides is 2. The van der Waals surface area contributed by atoms with Gasteiger partial charge >= 0.3 is 0 Å². The third-order valence-electron chi connectivity index (χ3n) is 4.60. The first-order valence-corrected chi connectivity index (χ1v) is 8.89. The third kappa shape index (κ3) is 4.65. The third-order valence-corrected chi connectivity index (χ3v) is 4.60. The van der Waals surface area contributed by atoms with E-state index in [1.807, 2.05) is 24.3 Å². The standard InChI is InChI=1S/C19H24N4O4/c1-12-10-17(22-27-12)21-18(24)11-23(3)13(2)19(25)20-15-8-9-26-16-7-5-4-6-14(15)16/h4-7,10,13,15H,8-9,11H2,1-3H3,(H,20,25)(H,21,22,24). The summed E-state index contributed by atoms with van der Waals surface area (Å²) in [5.41, 5.74) is 0.978. The van der Waals surface area contributed by atoms with E-state index in [1.165, 1.54) is 0 Å². The number of likely N-dealkylation sites (N-methyl/N-ethyl adjacent to an activating group) is 1. The van der Waals surface area contributed by atoms with Gasteiger partial charge in [-0.15, -0.1) is 0 Å². The smallest absolute Gasteiger partial charge is 0.239 e. The Hall–Kier alpha value is -2.87. The van der Waals surface area contributed by atoms with Crippen molar-refractivity contribution < 1.29 is 18.8 Å². The van der Waals surface area contributed by atoms with Crippen molar-refractivity contribution in [3.63, 3.8) is 0 Å². The van der Waals surface area contributed by atoms with Crippen molar-refractivity contribution >= 4 is 17.6 Å². The first-order chi connectivity index (χ1) is 12.9. The number of ether oxygens (including phenoxy) is 1.